The number of hydrogen-bond donors (Lipinski definition) is 0. The fraction of sp³-hybridized carbons (Fsp3) is 0.391. The molecule has 2 aromatic heterocycles. The van der Waals surface area contributed by atoms with Gasteiger partial charge in [0.15, 0.2) is 15.5 Å². The van der Waals surface area contributed by atoms with Crippen molar-refractivity contribution in [3.05, 3.63) is 46.6 Å². The first-order valence-corrected chi connectivity index (χ1v) is 14.5. The number of sulfone groups is 1. The molecule has 0 radical (unpaired) electrons. The Morgan fingerprint density at radius 1 is 1.17 bits per heavy atom. The first kappa shape index (κ1) is 28.4. The Bertz CT molecular complexity index is 1330. The van der Waals surface area contributed by atoms with Crippen LogP contribution in [0, 0.1) is 0 Å². The Kier molecular flexibility index (Phi) is 9.02. The van der Waals surface area contributed by atoms with Crippen molar-refractivity contribution >= 4 is 43.1 Å². The van der Waals surface area contributed by atoms with Crippen LogP contribution < -0.4 is 0 Å². The standard InChI is InChI=1S/C23H25BrF3N3O4S2/c1-4-29(5-2)11-12-34-19(31)14-30-21(20(24)22(28-30)23(25,26)27)18-10-9-17(35-18)15-7-6-8-16(13-15)36(3,32)33/h6-10,13H,4-5,11-12,14H2,1-3H3. The SMILES string of the molecule is CCN(CC)CCOC(=O)Cn1nc(C(F)(F)F)c(Br)c1-c1ccc(-c2cccc(S(C)(=O)=O)c2)s1. The molecule has 0 unspecified atom stereocenters. The normalized spacial score (nSPS) is 12.3. The lowest BCUT2D eigenvalue weighted by Crippen LogP contribution is -2.28. The lowest BCUT2D eigenvalue weighted by atomic mass is 10.2. The minimum Gasteiger partial charge on any atom is -0.463 e. The molecule has 0 aliphatic rings. The van der Waals surface area contributed by atoms with Gasteiger partial charge in [0.1, 0.15) is 13.2 Å². The van der Waals surface area contributed by atoms with E-state index in [0.717, 1.165) is 35.4 Å². The number of aromatic nitrogens is 2. The molecule has 0 atom stereocenters. The number of thiophene rings is 1. The number of esters is 1. The summed E-state index contributed by atoms with van der Waals surface area (Å²) in [5.41, 5.74) is -0.468. The number of carbonyl (C=O) groups is 1. The molecule has 0 aliphatic heterocycles. The quantitative estimate of drug-likeness (QED) is 0.289. The minimum absolute atomic E-state index is 0.0820. The molecule has 2 heterocycles. The number of halogens is 4. The van der Waals surface area contributed by atoms with E-state index < -0.39 is 34.2 Å². The van der Waals surface area contributed by atoms with Crippen molar-refractivity contribution in [3.8, 4) is 21.0 Å². The molecule has 0 saturated carbocycles. The highest BCUT2D eigenvalue weighted by atomic mass is 79.9. The minimum atomic E-state index is -4.74. The van der Waals surface area contributed by atoms with Gasteiger partial charge in [-0.3, -0.25) is 9.48 Å². The number of rotatable bonds is 10. The van der Waals surface area contributed by atoms with Crippen LogP contribution in [0.15, 0.2) is 45.8 Å². The van der Waals surface area contributed by atoms with Gasteiger partial charge < -0.3 is 9.64 Å². The van der Waals surface area contributed by atoms with Crippen LogP contribution in [0.5, 0.6) is 0 Å². The van der Waals surface area contributed by atoms with E-state index in [-0.39, 0.29) is 21.7 Å². The Labute approximate surface area is 219 Å². The summed E-state index contributed by atoms with van der Waals surface area (Å²) in [5.74, 6) is -0.704. The molecule has 7 nitrogen and oxygen atoms in total. The Morgan fingerprint density at radius 3 is 2.44 bits per heavy atom. The highest BCUT2D eigenvalue weighted by Gasteiger charge is 2.39. The van der Waals surface area contributed by atoms with Crippen molar-refractivity contribution in [2.24, 2.45) is 0 Å². The molecule has 1 aromatic carbocycles. The van der Waals surface area contributed by atoms with Crippen molar-refractivity contribution in [2.45, 2.75) is 31.5 Å². The summed E-state index contributed by atoms with van der Waals surface area (Å²) < 4.78 is 70.6. The monoisotopic (exact) mass is 607 g/mol. The van der Waals surface area contributed by atoms with Crippen molar-refractivity contribution in [1.82, 2.24) is 14.7 Å². The highest BCUT2D eigenvalue weighted by molar-refractivity contribution is 9.10. The molecular formula is C23H25BrF3N3O4S2. The number of likely N-dealkylation sites (N-methyl/N-ethyl adjacent to an activating group) is 1. The van der Waals surface area contributed by atoms with Crippen molar-refractivity contribution < 1.29 is 31.1 Å². The number of alkyl halides is 3. The molecule has 3 aromatic rings. The van der Waals surface area contributed by atoms with Crippen molar-refractivity contribution in [2.75, 3.05) is 32.5 Å². The van der Waals surface area contributed by atoms with E-state index in [1.807, 2.05) is 13.8 Å². The summed E-state index contributed by atoms with van der Waals surface area (Å²) in [7, 11) is -3.43. The van der Waals surface area contributed by atoms with Gasteiger partial charge in [0.2, 0.25) is 0 Å². The number of hydrogen-bond acceptors (Lipinski definition) is 7. The third kappa shape index (κ3) is 6.75. The molecule has 0 fully saturated rings. The number of carbonyl (C=O) groups excluding carboxylic acids is 1. The van der Waals surface area contributed by atoms with E-state index in [1.54, 1.807) is 24.3 Å². The largest absolute Gasteiger partial charge is 0.463 e. The van der Waals surface area contributed by atoms with E-state index in [1.165, 1.54) is 12.1 Å². The van der Waals surface area contributed by atoms with E-state index in [2.05, 4.69) is 25.9 Å². The van der Waals surface area contributed by atoms with Crippen LogP contribution in [0.1, 0.15) is 19.5 Å². The third-order valence-electron chi connectivity index (χ3n) is 5.39. The average molecular weight is 609 g/mol. The van der Waals surface area contributed by atoms with E-state index in [9.17, 15) is 26.4 Å². The molecule has 0 aliphatic carbocycles. The molecule has 0 amide bonds. The van der Waals surface area contributed by atoms with Crippen molar-refractivity contribution in [3.63, 3.8) is 0 Å². The van der Waals surface area contributed by atoms with Crippen LogP contribution >= 0.6 is 27.3 Å². The number of benzene rings is 1. The van der Waals surface area contributed by atoms with Gasteiger partial charge >= 0.3 is 12.1 Å². The summed E-state index contributed by atoms with van der Waals surface area (Å²) in [4.78, 5) is 15.7. The van der Waals surface area contributed by atoms with Gasteiger partial charge in [0.05, 0.1) is 19.9 Å². The molecule has 0 saturated heterocycles. The lowest BCUT2D eigenvalue weighted by Gasteiger charge is -2.17. The zero-order valence-electron chi connectivity index (χ0n) is 19.8. The predicted octanol–water partition coefficient (Wildman–Crippen LogP) is 5.35. The Balaban J connectivity index is 1.93. The molecular weight excluding hydrogens is 583 g/mol. The Hall–Kier alpha value is -2.22. The van der Waals surface area contributed by atoms with Gasteiger partial charge in [-0.1, -0.05) is 26.0 Å². The summed E-state index contributed by atoms with van der Waals surface area (Å²) >= 11 is 4.18. The summed E-state index contributed by atoms with van der Waals surface area (Å²) in [6.45, 7) is 5.65. The molecule has 36 heavy (non-hydrogen) atoms. The van der Waals surface area contributed by atoms with E-state index in [4.69, 9.17) is 4.74 Å². The third-order valence-corrected chi connectivity index (χ3v) is 8.40. The van der Waals surface area contributed by atoms with Crippen LogP contribution in [0.4, 0.5) is 13.2 Å². The fourth-order valence-corrected chi connectivity index (χ4v) is 6.05. The predicted molar refractivity (Wildman–Crippen MR) is 136 cm³/mol. The van der Waals surface area contributed by atoms with Crippen molar-refractivity contribution in [1.29, 1.82) is 0 Å². The smallest absolute Gasteiger partial charge is 0.436 e. The van der Waals surface area contributed by atoms with E-state index in [0.29, 0.717) is 21.9 Å². The summed E-state index contributed by atoms with van der Waals surface area (Å²) in [6, 6.07) is 9.58. The maximum absolute atomic E-state index is 13.6. The Morgan fingerprint density at radius 2 is 1.83 bits per heavy atom. The maximum atomic E-state index is 13.6. The van der Waals surface area contributed by atoms with E-state index >= 15 is 0 Å². The van der Waals surface area contributed by atoms with Gasteiger partial charge in [-0.15, -0.1) is 11.3 Å². The molecule has 13 heteroatoms. The molecule has 0 spiro atoms. The van der Waals surface area contributed by atoms with Gasteiger partial charge in [0.25, 0.3) is 0 Å². The van der Waals surface area contributed by atoms with Gasteiger partial charge in [-0.05, 0) is 58.8 Å². The summed E-state index contributed by atoms with van der Waals surface area (Å²) in [6.07, 6.45) is -3.64. The van der Waals surface area contributed by atoms with Crippen LogP contribution in [0.25, 0.3) is 21.0 Å². The fourth-order valence-electron chi connectivity index (χ4n) is 3.47. The first-order valence-electron chi connectivity index (χ1n) is 11.0. The second-order valence-electron chi connectivity index (χ2n) is 7.88. The molecule has 0 bridgehead atoms. The van der Waals surface area contributed by atoms with Crippen LogP contribution in [0.3, 0.4) is 0 Å². The molecule has 0 N–H and O–H groups in total. The number of nitrogens with zero attached hydrogens (tertiary/aromatic N) is 3. The van der Waals surface area contributed by atoms with Crippen LogP contribution in [-0.2, 0) is 32.1 Å². The van der Waals surface area contributed by atoms with Gasteiger partial charge in [-0.2, -0.15) is 18.3 Å². The zero-order chi connectivity index (χ0) is 26.7. The highest BCUT2D eigenvalue weighted by Crippen LogP contribution is 2.43. The topological polar surface area (TPSA) is 81.5 Å². The van der Waals surface area contributed by atoms with Gasteiger partial charge in [-0.25, -0.2) is 8.42 Å². The maximum Gasteiger partial charge on any atom is 0.436 e. The lowest BCUT2D eigenvalue weighted by molar-refractivity contribution is -0.146. The summed E-state index contributed by atoms with van der Waals surface area (Å²) in [5, 5.41) is 3.66. The zero-order valence-corrected chi connectivity index (χ0v) is 23.0. The second-order valence-corrected chi connectivity index (χ2v) is 11.8. The number of ether oxygens (including phenoxy) is 1. The average Bonchev–Trinajstić information content (AvgIpc) is 3.40. The molecule has 196 valence electrons. The molecule has 3 rings (SSSR count). The van der Waals surface area contributed by atoms with Gasteiger partial charge in [0, 0.05) is 17.7 Å². The second kappa shape index (κ2) is 11.4. The van der Waals surface area contributed by atoms with Crippen LogP contribution in [0.2, 0.25) is 0 Å². The first-order chi connectivity index (χ1) is 16.8. The van der Waals surface area contributed by atoms with Crippen LogP contribution in [-0.4, -0.2) is 61.6 Å².